The fourth-order valence-corrected chi connectivity index (χ4v) is 2.63. The summed E-state index contributed by atoms with van der Waals surface area (Å²) >= 11 is 0. The van der Waals surface area contributed by atoms with Gasteiger partial charge in [-0.1, -0.05) is 12.1 Å². The molecule has 0 aliphatic rings. The van der Waals surface area contributed by atoms with Crippen LogP contribution < -0.4 is 20.1 Å². The molecule has 152 valence electrons. The molecule has 0 unspecified atom stereocenters. The molecule has 7 heteroatoms. The van der Waals surface area contributed by atoms with Crippen molar-refractivity contribution in [3.8, 4) is 17.6 Å². The van der Waals surface area contributed by atoms with Crippen LogP contribution in [0.5, 0.6) is 11.5 Å². The Kier molecular flexibility index (Phi) is 7.21. The van der Waals surface area contributed by atoms with E-state index in [9.17, 15) is 9.59 Å². The molecule has 2 N–H and O–H groups in total. The molecule has 0 bridgehead atoms. The summed E-state index contributed by atoms with van der Waals surface area (Å²) < 4.78 is 10.5. The molecular weight excluding hydrogens is 370 g/mol. The third kappa shape index (κ3) is 5.48. The van der Waals surface area contributed by atoms with Gasteiger partial charge in [-0.05, 0) is 56.2 Å². The molecule has 2 amide bonds. The Bertz CT molecular complexity index is 932. The van der Waals surface area contributed by atoms with Crippen LogP contribution in [0.1, 0.15) is 25.0 Å². The van der Waals surface area contributed by atoms with E-state index in [4.69, 9.17) is 14.7 Å². The smallest absolute Gasteiger partial charge is 0.239 e. The van der Waals surface area contributed by atoms with Crippen LogP contribution in [0.4, 0.5) is 5.69 Å². The van der Waals surface area contributed by atoms with Crippen molar-refractivity contribution in [1.82, 2.24) is 5.32 Å². The SMILES string of the molecule is COc1ccc(CCNC(=O)C(C)(C)C(=O)Nc2cccc(C#N)c2)cc1OC. The first-order valence-corrected chi connectivity index (χ1v) is 9.12. The van der Waals surface area contributed by atoms with Gasteiger partial charge in [0.1, 0.15) is 5.41 Å². The Hall–Kier alpha value is -3.53. The number of nitriles is 1. The minimum Gasteiger partial charge on any atom is -0.493 e. The number of methoxy groups -OCH3 is 2. The zero-order valence-electron chi connectivity index (χ0n) is 17.0. The van der Waals surface area contributed by atoms with Crippen LogP contribution in [-0.2, 0) is 16.0 Å². The zero-order valence-corrected chi connectivity index (χ0v) is 17.0. The highest BCUT2D eigenvalue weighted by Crippen LogP contribution is 2.27. The number of nitrogens with one attached hydrogen (secondary N) is 2. The molecule has 0 fully saturated rings. The molecule has 7 nitrogen and oxygen atoms in total. The van der Waals surface area contributed by atoms with E-state index in [1.54, 1.807) is 52.3 Å². The zero-order chi connectivity index (χ0) is 21.4. The lowest BCUT2D eigenvalue weighted by atomic mass is 9.90. The molecule has 2 rings (SSSR count). The molecule has 0 heterocycles. The second-order valence-electron chi connectivity index (χ2n) is 6.97. The fourth-order valence-electron chi connectivity index (χ4n) is 2.63. The lowest BCUT2D eigenvalue weighted by Crippen LogP contribution is -2.45. The van der Waals surface area contributed by atoms with E-state index in [1.807, 2.05) is 24.3 Å². The van der Waals surface area contributed by atoms with Gasteiger partial charge < -0.3 is 20.1 Å². The van der Waals surface area contributed by atoms with E-state index in [-0.39, 0.29) is 5.91 Å². The minimum absolute atomic E-state index is 0.370. The average molecular weight is 395 g/mol. The molecule has 0 radical (unpaired) electrons. The third-order valence-corrected chi connectivity index (χ3v) is 4.53. The number of carbonyl (C=O) groups is 2. The second kappa shape index (κ2) is 9.60. The highest BCUT2D eigenvalue weighted by atomic mass is 16.5. The summed E-state index contributed by atoms with van der Waals surface area (Å²) in [6.07, 6.45) is 0.577. The lowest BCUT2D eigenvalue weighted by molar-refractivity contribution is -0.138. The number of rotatable bonds is 8. The van der Waals surface area contributed by atoms with Gasteiger partial charge in [0.05, 0.1) is 25.9 Å². The van der Waals surface area contributed by atoms with E-state index >= 15 is 0 Å². The summed E-state index contributed by atoms with van der Waals surface area (Å²) in [5.41, 5.74) is 0.596. The van der Waals surface area contributed by atoms with Crippen molar-refractivity contribution in [2.24, 2.45) is 5.41 Å². The second-order valence-corrected chi connectivity index (χ2v) is 6.97. The number of carbonyl (C=O) groups excluding carboxylic acids is 2. The van der Waals surface area contributed by atoms with E-state index < -0.39 is 11.3 Å². The van der Waals surface area contributed by atoms with Crippen molar-refractivity contribution in [2.75, 3.05) is 26.1 Å². The Balaban J connectivity index is 1.94. The number of anilines is 1. The molecule has 0 saturated heterocycles. The summed E-state index contributed by atoms with van der Waals surface area (Å²) in [4.78, 5) is 25.1. The molecule has 0 aliphatic heterocycles. The van der Waals surface area contributed by atoms with Crippen LogP contribution in [0.2, 0.25) is 0 Å². The number of benzene rings is 2. The van der Waals surface area contributed by atoms with E-state index in [2.05, 4.69) is 10.6 Å². The minimum atomic E-state index is -1.28. The maximum atomic E-state index is 12.6. The van der Waals surface area contributed by atoms with Crippen molar-refractivity contribution >= 4 is 17.5 Å². The van der Waals surface area contributed by atoms with Crippen LogP contribution in [0.3, 0.4) is 0 Å². The summed E-state index contributed by atoms with van der Waals surface area (Å²) in [6.45, 7) is 3.49. The van der Waals surface area contributed by atoms with Gasteiger partial charge in [0.25, 0.3) is 0 Å². The topological polar surface area (TPSA) is 100 Å². The van der Waals surface area contributed by atoms with Gasteiger partial charge in [-0.15, -0.1) is 0 Å². The van der Waals surface area contributed by atoms with Crippen molar-refractivity contribution in [2.45, 2.75) is 20.3 Å². The highest BCUT2D eigenvalue weighted by molar-refractivity contribution is 6.09. The first-order valence-electron chi connectivity index (χ1n) is 9.12. The maximum Gasteiger partial charge on any atom is 0.239 e. The number of hydrogen-bond acceptors (Lipinski definition) is 5. The van der Waals surface area contributed by atoms with Crippen molar-refractivity contribution < 1.29 is 19.1 Å². The first kappa shape index (κ1) is 21.8. The van der Waals surface area contributed by atoms with Gasteiger partial charge in [-0.25, -0.2) is 0 Å². The Morgan fingerprint density at radius 2 is 1.76 bits per heavy atom. The van der Waals surface area contributed by atoms with Gasteiger partial charge in [0, 0.05) is 12.2 Å². The summed E-state index contributed by atoms with van der Waals surface area (Å²) in [5.74, 6) is 0.428. The van der Waals surface area contributed by atoms with Crippen LogP contribution >= 0.6 is 0 Å². The Morgan fingerprint density at radius 3 is 2.41 bits per heavy atom. The van der Waals surface area contributed by atoms with Crippen LogP contribution in [0.25, 0.3) is 0 Å². The molecule has 0 aromatic heterocycles. The predicted octanol–water partition coefficient (Wildman–Crippen LogP) is 2.90. The molecular formula is C22H25N3O4. The Labute approximate surface area is 170 Å². The molecule has 0 saturated carbocycles. The average Bonchev–Trinajstić information content (AvgIpc) is 2.73. The monoisotopic (exact) mass is 395 g/mol. The van der Waals surface area contributed by atoms with Crippen LogP contribution in [-0.4, -0.2) is 32.6 Å². The normalized spacial score (nSPS) is 10.6. The van der Waals surface area contributed by atoms with Crippen molar-refractivity contribution in [3.05, 3.63) is 53.6 Å². The standard InChI is InChI=1S/C22H25N3O4/c1-22(2,21(27)25-17-7-5-6-16(12-17)14-23)20(26)24-11-10-15-8-9-18(28-3)19(13-15)29-4/h5-9,12-13H,10-11H2,1-4H3,(H,24,26)(H,25,27). The van der Waals surface area contributed by atoms with E-state index in [0.29, 0.717) is 35.7 Å². The highest BCUT2D eigenvalue weighted by Gasteiger charge is 2.35. The fraction of sp³-hybridized carbons (Fsp3) is 0.318. The van der Waals surface area contributed by atoms with Crippen LogP contribution in [0, 0.1) is 16.7 Å². The Morgan fingerprint density at radius 1 is 1.03 bits per heavy atom. The van der Waals surface area contributed by atoms with Gasteiger partial charge in [0.15, 0.2) is 11.5 Å². The quantitative estimate of drug-likeness (QED) is 0.670. The molecule has 2 aromatic carbocycles. The molecule has 0 spiro atoms. The van der Waals surface area contributed by atoms with E-state index in [1.165, 1.54) is 0 Å². The molecule has 29 heavy (non-hydrogen) atoms. The summed E-state index contributed by atoms with van der Waals surface area (Å²) in [7, 11) is 3.14. The number of hydrogen-bond donors (Lipinski definition) is 2. The molecule has 2 aromatic rings. The maximum absolute atomic E-state index is 12.6. The van der Waals surface area contributed by atoms with Crippen LogP contribution in [0.15, 0.2) is 42.5 Å². The van der Waals surface area contributed by atoms with Gasteiger partial charge >= 0.3 is 0 Å². The van der Waals surface area contributed by atoms with Gasteiger partial charge in [0.2, 0.25) is 11.8 Å². The van der Waals surface area contributed by atoms with Crippen molar-refractivity contribution in [1.29, 1.82) is 5.26 Å². The molecule has 0 aliphatic carbocycles. The van der Waals surface area contributed by atoms with E-state index in [0.717, 1.165) is 5.56 Å². The van der Waals surface area contributed by atoms with Gasteiger partial charge in [-0.2, -0.15) is 5.26 Å². The van der Waals surface area contributed by atoms with Crippen molar-refractivity contribution in [3.63, 3.8) is 0 Å². The lowest BCUT2D eigenvalue weighted by Gasteiger charge is -2.23. The summed E-state index contributed by atoms with van der Waals surface area (Å²) in [5, 5.41) is 14.5. The third-order valence-electron chi connectivity index (χ3n) is 4.53. The first-order chi connectivity index (χ1) is 13.8. The number of amides is 2. The molecule has 0 atom stereocenters. The number of ether oxygens (including phenoxy) is 2. The number of nitrogens with zero attached hydrogens (tertiary/aromatic N) is 1. The predicted molar refractivity (Wildman–Crippen MR) is 110 cm³/mol. The summed E-state index contributed by atoms with van der Waals surface area (Å²) in [6, 6.07) is 14.1. The largest absolute Gasteiger partial charge is 0.493 e. The van der Waals surface area contributed by atoms with Gasteiger partial charge in [-0.3, -0.25) is 9.59 Å².